The van der Waals surface area contributed by atoms with E-state index in [9.17, 15) is 10.1 Å². The van der Waals surface area contributed by atoms with Gasteiger partial charge in [-0.05, 0) is 50.7 Å². The number of hydrogen-bond acceptors (Lipinski definition) is 5. The first-order chi connectivity index (χ1) is 12.9. The second-order valence-electron chi connectivity index (χ2n) is 7.16. The molecule has 0 aliphatic heterocycles. The fourth-order valence-electron chi connectivity index (χ4n) is 3.15. The molecule has 0 amide bonds. The molecule has 1 saturated carbocycles. The van der Waals surface area contributed by atoms with Gasteiger partial charge in [0.05, 0.1) is 17.2 Å². The summed E-state index contributed by atoms with van der Waals surface area (Å²) in [4.78, 5) is 16.0. The topological polar surface area (TPSA) is 72.8 Å². The Morgan fingerprint density at radius 2 is 2.15 bits per heavy atom. The summed E-state index contributed by atoms with van der Waals surface area (Å²) in [6.45, 7) is 8.69. The normalized spacial score (nSPS) is 19.4. The molecule has 1 aromatic heterocycles. The Labute approximate surface area is 162 Å². The van der Waals surface area contributed by atoms with Gasteiger partial charge in [-0.25, -0.2) is 4.68 Å². The Morgan fingerprint density at radius 3 is 2.78 bits per heavy atom. The highest BCUT2D eigenvalue weighted by atomic mass is 32.1. The average Bonchev–Trinajstić information content (AvgIpc) is 3.02. The summed E-state index contributed by atoms with van der Waals surface area (Å²) < 4.78 is 1.89. The molecule has 0 saturated heterocycles. The van der Waals surface area contributed by atoms with Crippen LogP contribution in [-0.2, 0) is 0 Å². The number of rotatable bonds is 5. The zero-order chi connectivity index (χ0) is 19.4. The molecule has 1 unspecified atom stereocenters. The van der Waals surface area contributed by atoms with Crippen LogP contribution in [0.2, 0.25) is 0 Å². The minimum atomic E-state index is -0.386. The number of benzene rings is 1. The van der Waals surface area contributed by atoms with E-state index in [1.807, 2.05) is 17.0 Å². The second kappa shape index (κ2) is 8.43. The van der Waals surface area contributed by atoms with Crippen molar-refractivity contribution in [1.82, 2.24) is 4.68 Å². The maximum atomic E-state index is 10.9. The summed E-state index contributed by atoms with van der Waals surface area (Å²) in [6, 6.07) is 6.58. The first-order valence-electron chi connectivity index (χ1n) is 9.11. The van der Waals surface area contributed by atoms with Gasteiger partial charge < -0.3 is 0 Å². The molecule has 1 fully saturated rings. The van der Waals surface area contributed by atoms with E-state index in [0.717, 1.165) is 40.9 Å². The van der Waals surface area contributed by atoms with Gasteiger partial charge in [0.25, 0.3) is 5.69 Å². The van der Waals surface area contributed by atoms with Crippen molar-refractivity contribution < 1.29 is 4.92 Å². The van der Waals surface area contributed by atoms with Crippen LogP contribution in [0, 0.1) is 16.0 Å². The maximum absolute atomic E-state index is 10.9. The summed E-state index contributed by atoms with van der Waals surface area (Å²) in [5, 5.41) is 17.9. The summed E-state index contributed by atoms with van der Waals surface area (Å²) in [7, 11) is 0. The number of nitrogens with zero attached hydrogens (tertiary/aromatic N) is 4. The number of aromatic nitrogens is 1. The number of thiazole rings is 1. The van der Waals surface area contributed by atoms with Crippen molar-refractivity contribution in [2.75, 3.05) is 6.54 Å². The quantitative estimate of drug-likeness (QED) is 0.413. The monoisotopic (exact) mass is 384 g/mol. The van der Waals surface area contributed by atoms with Crippen LogP contribution in [0.4, 0.5) is 5.69 Å². The molecular weight excluding hydrogens is 360 g/mol. The SMILES string of the molecule is C=C(C)CN=c1scc(-c2ccc([N+](=O)[O-])cc2)n1N=C1CCCC(C)C1. The molecule has 1 aliphatic rings. The lowest BCUT2D eigenvalue weighted by atomic mass is 9.89. The predicted octanol–water partition coefficient (Wildman–Crippen LogP) is 5.02. The highest BCUT2D eigenvalue weighted by Crippen LogP contribution is 2.25. The largest absolute Gasteiger partial charge is 0.269 e. The molecule has 1 aromatic carbocycles. The van der Waals surface area contributed by atoms with E-state index in [4.69, 9.17) is 5.10 Å². The van der Waals surface area contributed by atoms with Gasteiger partial charge >= 0.3 is 0 Å². The highest BCUT2D eigenvalue weighted by Gasteiger charge is 2.16. The Bertz CT molecular complexity index is 938. The molecule has 3 rings (SSSR count). The van der Waals surface area contributed by atoms with Gasteiger partial charge in [0.15, 0.2) is 0 Å². The molecule has 7 heteroatoms. The third-order valence-electron chi connectivity index (χ3n) is 4.53. The summed E-state index contributed by atoms with van der Waals surface area (Å²) in [6.07, 6.45) is 4.42. The zero-order valence-electron chi connectivity index (χ0n) is 15.7. The molecule has 0 N–H and O–H groups in total. The van der Waals surface area contributed by atoms with Crippen LogP contribution in [0.1, 0.15) is 39.5 Å². The molecule has 142 valence electrons. The number of nitro groups is 1. The van der Waals surface area contributed by atoms with Crippen LogP contribution in [-0.4, -0.2) is 21.9 Å². The van der Waals surface area contributed by atoms with Crippen LogP contribution in [0.25, 0.3) is 11.3 Å². The maximum Gasteiger partial charge on any atom is 0.269 e. The van der Waals surface area contributed by atoms with Gasteiger partial charge in [-0.2, -0.15) is 5.10 Å². The van der Waals surface area contributed by atoms with Crippen molar-refractivity contribution in [3.8, 4) is 11.3 Å². The molecule has 2 aromatic rings. The van der Waals surface area contributed by atoms with Crippen molar-refractivity contribution in [3.63, 3.8) is 0 Å². The summed E-state index contributed by atoms with van der Waals surface area (Å²) in [5.74, 6) is 0.648. The van der Waals surface area contributed by atoms with E-state index in [0.29, 0.717) is 12.5 Å². The minimum absolute atomic E-state index is 0.0835. The lowest BCUT2D eigenvalue weighted by Crippen LogP contribution is -2.19. The Balaban J connectivity index is 2.05. The van der Waals surface area contributed by atoms with Crippen LogP contribution in [0.3, 0.4) is 0 Å². The first-order valence-corrected chi connectivity index (χ1v) is 9.99. The Kier molecular flexibility index (Phi) is 6.01. The number of hydrogen-bond donors (Lipinski definition) is 0. The fourth-order valence-corrected chi connectivity index (χ4v) is 3.98. The van der Waals surface area contributed by atoms with E-state index in [1.54, 1.807) is 12.1 Å². The number of nitro benzene ring substituents is 1. The average molecular weight is 385 g/mol. The standard InChI is InChI=1S/C20H24N4O2S/c1-14(2)12-21-20-23(22-17-6-4-5-15(3)11-17)19(13-27-20)16-7-9-18(10-8-16)24(25)26/h7-10,13,15H,1,4-6,11-12H2,2-3H3. The van der Waals surface area contributed by atoms with Crippen molar-refractivity contribution in [3.05, 3.63) is 56.7 Å². The lowest BCUT2D eigenvalue weighted by molar-refractivity contribution is -0.384. The summed E-state index contributed by atoms with van der Waals surface area (Å²) >= 11 is 1.53. The number of non-ortho nitro benzene ring substituents is 1. The van der Waals surface area contributed by atoms with Gasteiger partial charge in [-0.15, -0.1) is 11.3 Å². The third kappa shape index (κ3) is 4.80. The zero-order valence-corrected chi connectivity index (χ0v) is 16.5. The van der Waals surface area contributed by atoms with E-state index < -0.39 is 0 Å². The van der Waals surface area contributed by atoms with Crippen LogP contribution >= 0.6 is 11.3 Å². The van der Waals surface area contributed by atoms with E-state index in [1.165, 1.54) is 35.6 Å². The van der Waals surface area contributed by atoms with Gasteiger partial charge in [-0.1, -0.05) is 19.1 Å². The van der Waals surface area contributed by atoms with Gasteiger partial charge in [0.2, 0.25) is 4.80 Å². The van der Waals surface area contributed by atoms with Crippen molar-refractivity contribution in [2.45, 2.75) is 39.5 Å². The predicted molar refractivity (Wildman–Crippen MR) is 110 cm³/mol. The van der Waals surface area contributed by atoms with E-state index in [2.05, 4.69) is 18.5 Å². The molecule has 1 atom stereocenters. The third-order valence-corrected chi connectivity index (χ3v) is 5.39. The van der Waals surface area contributed by atoms with Gasteiger partial charge in [0, 0.05) is 28.8 Å². The molecule has 0 spiro atoms. The molecule has 1 heterocycles. The van der Waals surface area contributed by atoms with Crippen molar-refractivity contribution in [1.29, 1.82) is 0 Å². The van der Waals surface area contributed by atoms with Crippen LogP contribution < -0.4 is 4.80 Å². The summed E-state index contributed by atoms with van der Waals surface area (Å²) in [5.41, 5.74) is 4.06. The van der Waals surface area contributed by atoms with Gasteiger partial charge in [-0.3, -0.25) is 15.1 Å². The van der Waals surface area contributed by atoms with Gasteiger partial charge in [0.1, 0.15) is 0 Å². The molecular formula is C20H24N4O2S. The lowest BCUT2D eigenvalue weighted by Gasteiger charge is -2.19. The minimum Gasteiger partial charge on any atom is -0.258 e. The van der Waals surface area contributed by atoms with E-state index in [-0.39, 0.29) is 10.6 Å². The molecule has 1 aliphatic carbocycles. The van der Waals surface area contributed by atoms with Crippen molar-refractivity contribution in [2.24, 2.45) is 16.0 Å². The molecule has 0 bridgehead atoms. The van der Waals surface area contributed by atoms with Crippen molar-refractivity contribution >= 4 is 22.7 Å². The molecule has 27 heavy (non-hydrogen) atoms. The smallest absolute Gasteiger partial charge is 0.258 e. The van der Waals surface area contributed by atoms with Crippen LogP contribution in [0.5, 0.6) is 0 Å². The Morgan fingerprint density at radius 1 is 1.41 bits per heavy atom. The first kappa shape index (κ1) is 19.2. The van der Waals surface area contributed by atoms with E-state index >= 15 is 0 Å². The molecule has 0 radical (unpaired) electrons. The Hall–Kier alpha value is -2.54. The second-order valence-corrected chi connectivity index (χ2v) is 8.00. The highest BCUT2D eigenvalue weighted by molar-refractivity contribution is 7.07. The fraction of sp³-hybridized carbons (Fsp3) is 0.400. The molecule has 6 nitrogen and oxygen atoms in total. The van der Waals surface area contributed by atoms with Crippen LogP contribution in [0.15, 0.2) is 51.9 Å².